The van der Waals surface area contributed by atoms with Crippen molar-refractivity contribution in [1.29, 1.82) is 0 Å². The summed E-state index contributed by atoms with van der Waals surface area (Å²) < 4.78 is 28.6. The van der Waals surface area contributed by atoms with Gasteiger partial charge in [-0.3, -0.25) is 4.79 Å². The number of likely N-dealkylation sites (tertiary alicyclic amines) is 2. The van der Waals surface area contributed by atoms with Crippen LogP contribution >= 0.6 is 12.2 Å². The van der Waals surface area contributed by atoms with E-state index >= 15 is 0 Å². The highest BCUT2D eigenvalue weighted by Crippen LogP contribution is 2.42. The van der Waals surface area contributed by atoms with Crippen LogP contribution in [-0.4, -0.2) is 53.0 Å². The summed E-state index contributed by atoms with van der Waals surface area (Å²) in [5.41, 5.74) is -0.00760. The number of amides is 1. The zero-order valence-corrected chi connectivity index (χ0v) is 18.7. The van der Waals surface area contributed by atoms with E-state index in [2.05, 4.69) is 22.4 Å². The molecule has 5 rings (SSSR count). The molecule has 4 aliphatic rings. The molecule has 2 aliphatic heterocycles. The molecule has 2 bridgehead atoms. The predicted molar refractivity (Wildman–Crippen MR) is 120 cm³/mol. The van der Waals surface area contributed by atoms with Gasteiger partial charge in [-0.1, -0.05) is 18.2 Å². The second kappa shape index (κ2) is 7.84. The molecule has 0 aromatic heterocycles. The summed E-state index contributed by atoms with van der Waals surface area (Å²) in [6.45, 7) is 4.42. The number of benzene rings is 1. The number of carbonyl (C=O) groups excluding carboxylic acids is 1. The Morgan fingerprint density at radius 1 is 1.10 bits per heavy atom. The van der Waals surface area contributed by atoms with Crippen molar-refractivity contribution in [2.45, 2.75) is 45.1 Å². The lowest BCUT2D eigenvalue weighted by Gasteiger charge is -2.39. The average Bonchev–Trinajstić information content (AvgIpc) is 3.48. The molecule has 1 aromatic carbocycles. The van der Waals surface area contributed by atoms with Crippen LogP contribution in [0.3, 0.4) is 0 Å². The van der Waals surface area contributed by atoms with Gasteiger partial charge in [0.15, 0.2) is 5.11 Å². The molecule has 2 saturated heterocycles. The van der Waals surface area contributed by atoms with Gasteiger partial charge in [0.1, 0.15) is 17.2 Å². The number of hydrogen-bond donors (Lipinski definition) is 1. The summed E-state index contributed by atoms with van der Waals surface area (Å²) in [6.07, 6.45) is 9.79. The number of allylic oxidation sites excluding steroid dienone is 1. The van der Waals surface area contributed by atoms with Gasteiger partial charge in [-0.15, -0.1) is 0 Å². The smallest absolute Gasteiger partial charge is 0.259 e. The minimum atomic E-state index is -0.785. The molecular weight excluding hydrogens is 416 g/mol. The highest BCUT2D eigenvalue weighted by Gasteiger charge is 2.43. The monoisotopic (exact) mass is 445 g/mol. The number of aryl methyl sites for hydroxylation is 1. The second-order valence-corrected chi connectivity index (χ2v) is 10.2. The Kier molecular flexibility index (Phi) is 5.27. The van der Waals surface area contributed by atoms with Crippen LogP contribution in [0.15, 0.2) is 24.3 Å². The molecule has 4 nitrogen and oxygen atoms in total. The fraction of sp³-hybridized carbons (Fsp3) is 0.583. The lowest BCUT2D eigenvalue weighted by atomic mass is 9.77. The van der Waals surface area contributed by atoms with E-state index in [1.54, 1.807) is 11.8 Å². The third-order valence-corrected chi connectivity index (χ3v) is 8.30. The minimum Gasteiger partial charge on any atom is -0.359 e. The molecule has 2 heterocycles. The van der Waals surface area contributed by atoms with Crippen molar-refractivity contribution >= 4 is 23.2 Å². The van der Waals surface area contributed by atoms with Crippen LogP contribution in [0, 0.1) is 35.8 Å². The number of carbonyl (C=O) groups is 1. The SMILES string of the molecule is Cc1ccc(F)c(C(=O)N2CCC3(CC2)CCN(C(=S)NC2CC4C=CC2C4)C3)c1F. The van der Waals surface area contributed by atoms with E-state index < -0.39 is 23.1 Å². The van der Waals surface area contributed by atoms with Gasteiger partial charge in [0.05, 0.1) is 0 Å². The Bertz CT molecular complexity index is 941. The zero-order chi connectivity index (χ0) is 21.8. The number of piperidine rings is 1. The minimum absolute atomic E-state index is 0.126. The van der Waals surface area contributed by atoms with E-state index in [9.17, 15) is 13.6 Å². The molecule has 1 spiro atoms. The Morgan fingerprint density at radius 3 is 2.45 bits per heavy atom. The molecule has 0 radical (unpaired) electrons. The molecule has 2 aliphatic carbocycles. The van der Waals surface area contributed by atoms with Crippen molar-refractivity contribution in [2.24, 2.45) is 17.3 Å². The van der Waals surface area contributed by atoms with Crippen LogP contribution < -0.4 is 5.32 Å². The van der Waals surface area contributed by atoms with Crippen molar-refractivity contribution in [1.82, 2.24) is 15.1 Å². The first-order valence-electron chi connectivity index (χ1n) is 11.3. The van der Waals surface area contributed by atoms with Crippen LogP contribution in [0.25, 0.3) is 0 Å². The zero-order valence-electron chi connectivity index (χ0n) is 17.9. The maximum Gasteiger partial charge on any atom is 0.259 e. The Labute approximate surface area is 187 Å². The summed E-state index contributed by atoms with van der Waals surface area (Å²) in [4.78, 5) is 16.7. The van der Waals surface area contributed by atoms with Crippen molar-refractivity contribution in [3.8, 4) is 0 Å². The topological polar surface area (TPSA) is 35.6 Å². The fourth-order valence-corrected chi connectivity index (χ4v) is 6.22. The lowest BCUT2D eigenvalue weighted by Crippen LogP contribution is -2.48. The molecule has 1 N–H and O–H groups in total. The van der Waals surface area contributed by atoms with Crippen molar-refractivity contribution in [2.75, 3.05) is 26.2 Å². The summed E-state index contributed by atoms with van der Waals surface area (Å²) in [5, 5.41) is 4.45. The van der Waals surface area contributed by atoms with Crippen LogP contribution in [0.2, 0.25) is 0 Å². The molecule has 1 amide bonds. The number of rotatable bonds is 2. The highest BCUT2D eigenvalue weighted by atomic mass is 32.1. The number of nitrogens with one attached hydrogen (secondary N) is 1. The van der Waals surface area contributed by atoms with E-state index in [0.29, 0.717) is 31.0 Å². The summed E-state index contributed by atoms with van der Waals surface area (Å²) in [5.74, 6) is -0.752. The third kappa shape index (κ3) is 3.75. The highest BCUT2D eigenvalue weighted by molar-refractivity contribution is 7.80. The standard InChI is InChI=1S/C24H29F2N3OS/c1-15-2-5-18(25)20(21(15)26)22(30)28-9-6-24(7-10-28)8-11-29(14-24)23(31)27-19-13-16-3-4-17(19)12-16/h2-5,16-17,19H,6-14H2,1H3,(H,27,31). The molecule has 1 aromatic rings. The van der Waals surface area contributed by atoms with Crippen molar-refractivity contribution in [3.63, 3.8) is 0 Å². The van der Waals surface area contributed by atoms with E-state index in [1.165, 1.54) is 25.0 Å². The van der Waals surface area contributed by atoms with Gasteiger partial charge in [0.25, 0.3) is 5.91 Å². The van der Waals surface area contributed by atoms with Crippen molar-refractivity contribution in [3.05, 3.63) is 47.0 Å². The van der Waals surface area contributed by atoms with Gasteiger partial charge in [0.2, 0.25) is 0 Å². The molecule has 166 valence electrons. The van der Waals surface area contributed by atoms with Gasteiger partial charge < -0.3 is 15.1 Å². The first kappa shape index (κ1) is 20.9. The van der Waals surface area contributed by atoms with Crippen LogP contribution in [-0.2, 0) is 0 Å². The Morgan fingerprint density at radius 2 is 1.81 bits per heavy atom. The number of thiocarbonyl (C=S) groups is 1. The molecule has 3 unspecified atom stereocenters. The Balaban J connectivity index is 1.18. The Hall–Kier alpha value is -2.02. The lowest BCUT2D eigenvalue weighted by molar-refractivity contribution is 0.0589. The first-order chi connectivity index (χ1) is 14.8. The third-order valence-electron chi connectivity index (χ3n) is 7.92. The molecule has 1 saturated carbocycles. The molecular formula is C24H29F2N3OS. The van der Waals surface area contributed by atoms with Gasteiger partial charge in [0, 0.05) is 32.2 Å². The quantitative estimate of drug-likeness (QED) is 0.551. The van der Waals surface area contributed by atoms with Gasteiger partial charge in [-0.2, -0.15) is 0 Å². The largest absolute Gasteiger partial charge is 0.359 e. The number of fused-ring (bicyclic) bond motifs is 2. The number of halogens is 2. The second-order valence-electron chi connectivity index (χ2n) is 9.85. The van der Waals surface area contributed by atoms with Crippen molar-refractivity contribution < 1.29 is 13.6 Å². The van der Waals surface area contributed by atoms with E-state index in [1.807, 2.05) is 0 Å². The predicted octanol–water partition coefficient (Wildman–Crippen LogP) is 4.04. The molecule has 3 atom stereocenters. The van der Waals surface area contributed by atoms with Gasteiger partial charge >= 0.3 is 0 Å². The van der Waals surface area contributed by atoms with Crippen LogP contribution in [0.5, 0.6) is 0 Å². The average molecular weight is 446 g/mol. The molecule has 31 heavy (non-hydrogen) atoms. The molecule has 3 fully saturated rings. The first-order valence-corrected chi connectivity index (χ1v) is 11.7. The van der Waals surface area contributed by atoms with E-state index in [-0.39, 0.29) is 11.0 Å². The van der Waals surface area contributed by atoms with Gasteiger partial charge in [-0.05, 0) is 80.1 Å². The number of nitrogens with zero attached hydrogens (tertiary/aromatic N) is 2. The summed E-state index contributed by atoms with van der Waals surface area (Å²) in [7, 11) is 0. The van der Waals surface area contributed by atoms with E-state index in [0.717, 1.165) is 37.5 Å². The van der Waals surface area contributed by atoms with E-state index in [4.69, 9.17) is 12.2 Å². The summed E-state index contributed by atoms with van der Waals surface area (Å²) >= 11 is 5.73. The van der Waals surface area contributed by atoms with Gasteiger partial charge in [-0.25, -0.2) is 8.78 Å². The maximum absolute atomic E-state index is 14.4. The summed E-state index contributed by atoms with van der Waals surface area (Å²) in [6, 6.07) is 2.99. The molecule has 7 heteroatoms. The fourth-order valence-electron chi connectivity index (χ4n) is 5.91. The van der Waals surface area contributed by atoms with Crippen LogP contribution in [0.1, 0.15) is 48.0 Å². The maximum atomic E-state index is 14.4. The normalized spacial score (nSPS) is 28.5. The number of hydrogen-bond acceptors (Lipinski definition) is 2. The van der Waals surface area contributed by atoms with Crippen LogP contribution in [0.4, 0.5) is 8.78 Å².